The number of esters is 1. The highest BCUT2D eigenvalue weighted by molar-refractivity contribution is 7.23. The average molecular weight is 415 g/mol. The summed E-state index contributed by atoms with van der Waals surface area (Å²) in [5.74, 6) is -1.51. The fraction of sp³-hybridized carbons (Fsp3) is 0.111. The summed E-state index contributed by atoms with van der Waals surface area (Å²) in [6.07, 6.45) is 0. The Balaban J connectivity index is 2.05. The van der Waals surface area contributed by atoms with Gasteiger partial charge in [-0.25, -0.2) is 4.79 Å². The van der Waals surface area contributed by atoms with Crippen LogP contribution in [0.15, 0.2) is 42.5 Å². The Morgan fingerprint density at radius 2 is 1.83 bits per heavy atom. The predicted octanol–water partition coefficient (Wildman–Crippen LogP) is 4.15. The third-order valence-corrected chi connectivity index (χ3v) is 5.02. The summed E-state index contributed by atoms with van der Waals surface area (Å²) in [7, 11) is 0. The van der Waals surface area contributed by atoms with Gasteiger partial charge < -0.3 is 10.1 Å². The molecule has 0 unspecified atom stereocenters. The highest BCUT2D eigenvalue weighted by Crippen LogP contribution is 2.37. The molecule has 1 N–H and O–H groups in total. The molecule has 0 radical (unpaired) electrons. The van der Waals surface area contributed by atoms with Crippen molar-refractivity contribution in [2.45, 2.75) is 6.92 Å². The van der Waals surface area contributed by atoms with E-state index in [1.807, 2.05) is 0 Å². The van der Waals surface area contributed by atoms with Gasteiger partial charge in [0.1, 0.15) is 16.1 Å². The molecule has 2 aromatic carbocycles. The summed E-state index contributed by atoms with van der Waals surface area (Å²) in [6.45, 7) is 1.77. The van der Waals surface area contributed by atoms with E-state index in [1.165, 1.54) is 0 Å². The van der Waals surface area contributed by atoms with Crippen molar-refractivity contribution < 1.29 is 24.2 Å². The number of anilines is 1. The van der Waals surface area contributed by atoms with Crippen LogP contribution in [0.1, 0.15) is 27.6 Å². The minimum Gasteiger partial charge on any atom is -0.462 e. The van der Waals surface area contributed by atoms with Gasteiger partial charge in [0.25, 0.3) is 17.3 Å². The minimum absolute atomic E-state index is 0.129. The van der Waals surface area contributed by atoms with Crippen molar-refractivity contribution in [2.75, 3.05) is 11.9 Å². The summed E-state index contributed by atoms with van der Waals surface area (Å²) in [5, 5.41) is 25.4. The van der Waals surface area contributed by atoms with Gasteiger partial charge in [-0.2, -0.15) is 0 Å². The summed E-state index contributed by atoms with van der Waals surface area (Å²) in [5.41, 5.74) is -1.45. The van der Waals surface area contributed by atoms with Crippen LogP contribution in [0.25, 0.3) is 10.1 Å². The van der Waals surface area contributed by atoms with E-state index in [0.29, 0.717) is 16.2 Å². The first kappa shape index (κ1) is 19.9. The van der Waals surface area contributed by atoms with Crippen molar-refractivity contribution in [3.8, 4) is 0 Å². The number of fused-ring (bicyclic) bond motifs is 1. The lowest BCUT2D eigenvalue weighted by Gasteiger charge is -2.07. The molecule has 0 aliphatic heterocycles. The molecule has 0 saturated carbocycles. The number of hydrogen-bond donors (Lipinski definition) is 1. The van der Waals surface area contributed by atoms with Gasteiger partial charge in [0.15, 0.2) is 0 Å². The van der Waals surface area contributed by atoms with Gasteiger partial charge in [-0.3, -0.25) is 25.0 Å². The Hall–Kier alpha value is -3.86. The normalized spacial score (nSPS) is 10.5. The van der Waals surface area contributed by atoms with Gasteiger partial charge in [0.05, 0.1) is 22.5 Å². The molecule has 0 bridgehead atoms. The lowest BCUT2D eigenvalue weighted by Crippen LogP contribution is -2.16. The molecule has 10 nitrogen and oxygen atoms in total. The van der Waals surface area contributed by atoms with Crippen molar-refractivity contribution >= 4 is 49.7 Å². The predicted molar refractivity (Wildman–Crippen MR) is 105 cm³/mol. The molecule has 0 atom stereocenters. The molecule has 0 aliphatic carbocycles. The number of hydrogen-bond acceptors (Lipinski definition) is 8. The van der Waals surface area contributed by atoms with E-state index < -0.39 is 33.1 Å². The number of benzene rings is 2. The van der Waals surface area contributed by atoms with Crippen molar-refractivity contribution in [3.05, 3.63) is 73.8 Å². The first-order chi connectivity index (χ1) is 13.8. The second-order valence-corrected chi connectivity index (χ2v) is 6.74. The van der Waals surface area contributed by atoms with Crippen LogP contribution in [-0.4, -0.2) is 28.3 Å². The minimum atomic E-state index is -0.876. The molecule has 0 fully saturated rings. The van der Waals surface area contributed by atoms with Crippen LogP contribution in [-0.2, 0) is 4.74 Å². The number of carbonyl (C=O) groups is 2. The van der Waals surface area contributed by atoms with Crippen LogP contribution < -0.4 is 5.32 Å². The lowest BCUT2D eigenvalue weighted by molar-refractivity contribution is -0.394. The van der Waals surface area contributed by atoms with Gasteiger partial charge in [0, 0.05) is 16.2 Å². The number of nitro benzene ring substituents is 2. The van der Waals surface area contributed by atoms with Crippen LogP contribution in [0.3, 0.4) is 0 Å². The standard InChI is InChI=1S/C18H13N3O7S/c1-2-28-18(23)15-12-5-3-4-6-14(12)29-17(15)19-16(22)11-8-7-10(20(24)25)9-13(11)21(26)27/h3-9H,2H2,1H3,(H,19,22). The van der Waals surface area contributed by atoms with E-state index in [4.69, 9.17) is 4.74 Å². The lowest BCUT2D eigenvalue weighted by atomic mass is 10.1. The maximum atomic E-state index is 12.7. The van der Waals surface area contributed by atoms with Crippen molar-refractivity contribution in [2.24, 2.45) is 0 Å². The van der Waals surface area contributed by atoms with E-state index >= 15 is 0 Å². The summed E-state index contributed by atoms with van der Waals surface area (Å²) >= 11 is 1.11. The van der Waals surface area contributed by atoms with Crippen LogP contribution in [0.5, 0.6) is 0 Å². The molecular weight excluding hydrogens is 402 g/mol. The highest BCUT2D eigenvalue weighted by Gasteiger charge is 2.27. The largest absolute Gasteiger partial charge is 0.462 e. The Labute approximate surface area is 167 Å². The molecule has 0 spiro atoms. The monoisotopic (exact) mass is 415 g/mol. The maximum absolute atomic E-state index is 12.7. The Morgan fingerprint density at radius 3 is 2.48 bits per heavy atom. The number of non-ortho nitro benzene ring substituents is 1. The number of rotatable bonds is 6. The SMILES string of the molecule is CCOC(=O)c1c(NC(=O)c2ccc([N+](=O)[O-])cc2[N+](=O)[O-])sc2ccccc12. The third-order valence-electron chi connectivity index (χ3n) is 3.94. The molecule has 0 aliphatic rings. The van der Waals surface area contributed by atoms with E-state index in [-0.39, 0.29) is 22.7 Å². The second-order valence-electron chi connectivity index (χ2n) is 5.69. The molecule has 1 heterocycles. The van der Waals surface area contributed by atoms with Crippen molar-refractivity contribution in [3.63, 3.8) is 0 Å². The third kappa shape index (κ3) is 3.89. The zero-order chi connectivity index (χ0) is 21.1. The van der Waals surface area contributed by atoms with E-state index in [2.05, 4.69) is 5.32 Å². The number of ether oxygens (including phenoxy) is 1. The Morgan fingerprint density at radius 1 is 1.10 bits per heavy atom. The quantitative estimate of drug-likeness (QED) is 0.362. The molecule has 3 rings (SSSR count). The topological polar surface area (TPSA) is 142 Å². The molecule has 1 amide bonds. The molecule has 1 aromatic heterocycles. The van der Waals surface area contributed by atoms with Gasteiger partial charge in [-0.05, 0) is 19.1 Å². The van der Waals surface area contributed by atoms with Gasteiger partial charge in [-0.1, -0.05) is 18.2 Å². The van der Waals surface area contributed by atoms with Crippen molar-refractivity contribution in [1.29, 1.82) is 0 Å². The van der Waals surface area contributed by atoms with Gasteiger partial charge in [-0.15, -0.1) is 11.3 Å². The number of nitrogens with zero attached hydrogens (tertiary/aromatic N) is 2. The fourth-order valence-electron chi connectivity index (χ4n) is 2.69. The highest BCUT2D eigenvalue weighted by atomic mass is 32.1. The smallest absolute Gasteiger partial charge is 0.341 e. The van der Waals surface area contributed by atoms with Crippen LogP contribution in [0.2, 0.25) is 0 Å². The fourth-order valence-corrected chi connectivity index (χ4v) is 3.77. The Kier molecular flexibility index (Phi) is 5.50. The average Bonchev–Trinajstić information content (AvgIpc) is 3.05. The van der Waals surface area contributed by atoms with Crippen LogP contribution >= 0.6 is 11.3 Å². The number of amides is 1. The molecule has 0 saturated heterocycles. The number of nitrogens with one attached hydrogen (secondary N) is 1. The molecule has 3 aromatic rings. The molecule has 148 valence electrons. The zero-order valence-electron chi connectivity index (χ0n) is 14.9. The summed E-state index contributed by atoms with van der Waals surface area (Å²) < 4.78 is 5.77. The molecular formula is C18H13N3O7S. The first-order valence-corrected chi connectivity index (χ1v) is 9.08. The zero-order valence-corrected chi connectivity index (χ0v) is 15.7. The maximum Gasteiger partial charge on any atom is 0.341 e. The molecule has 11 heteroatoms. The van der Waals surface area contributed by atoms with Gasteiger partial charge >= 0.3 is 5.97 Å². The Bertz CT molecular complexity index is 1160. The summed E-state index contributed by atoms with van der Waals surface area (Å²) in [4.78, 5) is 45.6. The van der Waals surface area contributed by atoms with Crippen LogP contribution in [0.4, 0.5) is 16.4 Å². The van der Waals surface area contributed by atoms with Crippen molar-refractivity contribution in [1.82, 2.24) is 0 Å². The summed E-state index contributed by atoms with van der Waals surface area (Å²) in [6, 6.07) is 9.66. The number of carbonyl (C=O) groups excluding carboxylic acids is 2. The van der Waals surface area contributed by atoms with E-state index in [9.17, 15) is 29.8 Å². The van der Waals surface area contributed by atoms with E-state index in [0.717, 1.165) is 23.5 Å². The first-order valence-electron chi connectivity index (χ1n) is 8.26. The molecule has 29 heavy (non-hydrogen) atoms. The van der Waals surface area contributed by atoms with E-state index in [1.54, 1.807) is 31.2 Å². The van der Waals surface area contributed by atoms with Crippen LogP contribution in [0, 0.1) is 20.2 Å². The van der Waals surface area contributed by atoms with Gasteiger partial charge in [0.2, 0.25) is 0 Å². The number of thiophene rings is 1. The number of nitro groups is 2. The second kappa shape index (κ2) is 8.02.